The van der Waals surface area contributed by atoms with Gasteiger partial charge >= 0.3 is 12.1 Å². The van der Waals surface area contributed by atoms with Crippen LogP contribution in [0.3, 0.4) is 0 Å². The number of hydrogen-bond acceptors (Lipinski definition) is 6. The first-order valence-corrected chi connectivity index (χ1v) is 14.0. The lowest BCUT2D eigenvalue weighted by atomic mass is 10.0. The highest BCUT2D eigenvalue weighted by molar-refractivity contribution is 5.94. The molecule has 1 aromatic heterocycles. The molecule has 3 amide bonds. The van der Waals surface area contributed by atoms with Crippen molar-refractivity contribution in [2.45, 2.75) is 78.6 Å². The van der Waals surface area contributed by atoms with Gasteiger partial charge in [-0.15, -0.1) is 0 Å². The van der Waals surface area contributed by atoms with E-state index in [1.54, 1.807) is 34.6 Å². The Morgan fingerprint density at radius 2 is 1.52 bits per heavy atom. The number of aryl methyl sites for hydroxylation is 1. The molecular weight excluding hydrogens is 536 g/mol. The number of nitrogens with one attached hydrogen (secondary N) is 3. The van der Waals surface area contributed by atoms with Crippen molar-refractivity contribution < 1.29 is 28.7 Å². The monoisotopic (exact) mass is 578 g/mol. The number of esters is 1. The second kappa shape index (κ2) is 13.5. The van der Waals surface area contributed by atoms with Gasteiger partial charge in [-0.3, -0.25) is 9.59 Å². The van der Waals surface area contributed by atoms with Gasteiger partial charge < -0.3 is 30.0 Å². The van der Waals surface area contributed by atoms with Crippen LogP contribution in [0.1, 0.15) is 52.7 Å². The fourth-order valence-electron chi connectivity index (χ4n) is 4.49. The van der Waals surface area contributed by atoms with Gasteiger partial charge in [0.05, 0.1) is 12.6 Å². The Balaban J connectivity index is 1.95. The number of carbonyl (C=O) groups excluding carboxylic acids is 4. The molecule has 10 nitrogen and oxygen atoms in total. The summed E-state index contributed by atoms with van der Waals surface area (Å²) in [5.74, 6) is -1.97. The molecule has 0 bridgehead atoms. The highest BCUT2D eigenvalue weighted by Gasteiger charge is 2.31. The van der Waals surface area contributed by atoms with Crippen molar-refractivity contribution in [2.24, 2.45) is 5.92 Å². The summed E-state index contributed by atoms with van der Waals surface area (Å²) in [6.45, 7) is 12.3. The van der Waals surface area contributed by atoms with Crippen LogP contribution < -0.4 is 16.0 Å². The molecule has 3 rings (SSSR count). The third-order valence-corrected chi connectivity index (χ3v) is 6.71. The molecule has 42 heavy (non-hydrogen) atoms. The van der Waals surface area contributed by atoms with E-state index in [1.807, 2.05) is 66.2 Å². The number of amides is 3. The Morgan fingerprint density at radius 3 is 2.12 bits per heavy atom. The van der Waals surface area contributed by atoms with Gasteiger partial charge in [0.1, 0.15) is 23.7 Å². The van der Waals surface area contributed by atoms with Crippen LogP contribution in [-0.2, 0) is 30.3 Å². The van der Waals surface area contributed by atoms with Crippen molar-refractivity contribution in [1.82, 2.24) is 20.5 Å². The van der Waals surface area contributed by atoms with E-state index in [9.17, 15) is 19.2 Å². The van der Waals surface area contributed by atoms with Gasteiger partial charge in [0.15, 0.2) is 0 Å². The molecule has 0 radical (unpaired) electrons. The number of benzene rings is 2. The van der Waals surface area contributed by atoms with Crippen molar-refractivity contribution >= 4 is 34.8 Å². The molecule has 0 aliphatic carbocycles. The quantitative estimate of drug-likeness (QED) is 0.310. The molecule has 0 saturated carbocycles. The Morgan fingerprint density at radius 1 is 0.881 bits per heavy atom. The largest absolute Gasteiger partial charge is 0.467 e. The number of fused-ring (bicyclic) bond motifs is 1. The molecule has 2 aromatic carbocycles. The van der Waals surface area contributed by atoms with Crippen LogP contribution >= 0.6 is 0 Å². The predicted molar refractivity (Wildman–Crippen MR) is 161 cm³/mol. The topological polar surface area (TPSA) is 128 Å². The zero-order valence-corrected chi connectivity index (χ0v) is 25.6. The maximum atomic E-state index is 13.6. The number of nitrogens with zero attached hydrogens (tertiary/aromatic N) is 1. The molecule has 1 heterocycles. The Hall–Kier alpha value is -4.34. The van der Waals surface area contributed by atoms with Crippen LogP contribution in [0.25, 0.3) is 16.6 Å². The summed E-state index contributed by atoms with van der Waals surface area (Å²) < 4.78 is 12.2. The van der Waals surface area contributed by atoms with Crippen molar-refractivity contribution in [1.29, 1.82) is 0 Å². The van der Waals surface area contributed by atoms with E-state index in [4.69, 9.17) is 9.47 Å². The lowest BCUT2D eigenvalue weighted by Gasteiger charge is -2.26. The van der Waals surface area contributed by atoms with E-state index in [0.29, 0.717) is 0 Å². The molecule has 3 aromatic rings. The van der Waals surface area contributed by atoms with E-state index < -0.39 is 47.6 Å². The average molecular weight is 579 g/mol. The Bertz CT molecular complexity index is 1420. The number of aromatic nitrogens is 1. The molecule has 0 aliphatic rings. The van der Waals surface area contributed by atoms with Crippen molar-refractivity contribution in [3.8, 4) is 5.69 Å². The second-order valence-electron chi connectivity index (χ2n) is 11.8. The summed E-state index contributed by atoms with van der Waals surface area (Å²) in [5.41, 5.74) is 3.10. The maximum absolute atomic E-state index is 13.6. The summed E-state index contributed by atoms with van der Waals surface area (Å²) >= 11 is 0. The minimum atomic E-state index is -1.07. The van der Waals surface area contributed by atoms with Crippen molar-refractivity contribution in [2.75, 3.05) is 7.11 Å². The van der Waals surface area contributed by atoms with Crippen LogP contribution in [-0.4, -0.2) is 59.3 Å². The standard InChI is InChI=1S/C32H42N4O6/c1-19(2)27(30(39)41-8)35-29(38)25(34-28(37)21(4)33-31(40)42-32(5,6)7)17-22-18-36(23-15-13-20(3)14-16-23)26-12-10-9-11-24(22)26/h9-16,18-19,21,25,27H,17H2,1-8H3,(H,33,40)(H,34,37)(H,35,38)/t21-,25-,27-/m0/s1. The summed E-state index contributed by atoms with van der Waals surface area (Å²) in [5, 5.41) is 8.94. The van der Waals surface area contributed by atoms with Gasteiger partial charge in [0, 0.05) is 23.7 Å². The van der Waals surface area contributed by atoms with Gasteiger partial charge in [0.2, 0.25) is 11.8 Å². The van der Waals surface area contributed by atoms with Gasteiger partial charge in [-0.05, 0) is 64.3 Å². The molecule has 10 heteroatoms. The summed E-state index contributed by atoms with van der Waals surface area (Å²) in [7, 11) is 1.26. The van der Waals surface area contributed by atoms with Gasteiger partial charge in [-0.1, -0.05) is 49.7 Å². The van der Waals surface area contributed by atoms with Gasteiger partial charge in [0.25, 0.3) is 0 Å². The minimum Gasteiger partial charge on any atom is -0.467 e. The van der Waals surface area contributed by atoms with E-state index in [-0.39, 0.29) is 12.3 Å². The molecule has 0 spiro atoms. The third-order valence-electron chi connectivity index (χ3n) is 6.71. The number of hydrogen-bond donors (Lipinski definition) is 3. The van der Waals surface area contributed by atoms with Crippen LogP contribution in [0, 0.1) is 12.8 Å². The van der Waals surface area contributed by atoms with Crippen LogP contribution in [0.2, 0.25) is 0 Å². The summed E-state index contributed by atoms with van der Waals surface area (Å²) in [6, 6.07) is 12.9. The number of para-hydroxylation sites is 1. The Kier molecular flexibility index (Phi) is 10.4. The molecule has 226 valence electrons. The van der Waals surface area contributed by atoms with E-state index in [2.05, 4.69) is 16.0 Å². The predicted octanol–water partition coefficient (Wildman–Crippen LogP) is 4.19. The SMILES string of the molecule is COC(=O)[C@@H](NC(=O)[C@H](Cc1cn(-c2ccc(C)cc2)c2ccccc12)NC(=O)[C@H](C)NC(=O)OC(C)(C)C)C(C)C. The first-order valence-electron chi connectivity index (χ1n) is 14.0. The third kappa shape index (κ3) is 8.34. The first kappa shape index (κ1) is 32.2. The van der Waals surface area contributed by atoms with Crippen LogP contribution in [0.4, 0.5) is 4.79 Å². The molecule has 0 fully saturated rings. The number of alkyl carbamates (subject to hydrolysis) is 1. The molecule has 0 unspecified atom stereocenters. The molecular formula is C32H42N4O6. The van der Waals surface area contributed by atoms with Crippen molar-refractivity contribution in [3.63, 3.8) is 0 Å². The van der Waals surface area contributed by atoms with E-state index in [0.717, 1.165) is 27.7 Å². The lowest BCUT2D eigenvalue weighted by molar-refractivity contribution is -0.146. The van der Waals surface area contributed by atoms with Crippen molar-refractivity contribution in [3.05, 3.63) is 65.9 Å². The lowest BCUT2D eigenvalue weighted by Crippen LogP contribution is -2.57. The van der Waals surface area contributed by atoms with E-state index >= 15 is 0 Å². The number of methoxy groups -OCH3 is 1. The number of rotatable bonds is 10. The van der Waals surface area contributed by atoms with Gasteiger partial charge in [-0.2, -0.15) is 0 Å². The first-order chi connectivity index (χ1) is 19.7. The fourth-order valence-corrected chi connectivity index (χ4v) is 4.49. The van der Waals surface area contributed by atoms with Gasteiger partial charge in [-0.25, -0.2) is 9.59 Å². The minimum absolute atomic E-state index is 0.127. The number of carbonyl (C=O) groups is 4. The average Bonchev–Trinajstić information content (AvgIpc) is 3.28. The fraction of sp³-hybridized carbons (Fsp3) is 0.438. The molecule has 0 aliphatic heterocycles. The number of ether oxygens (including phenoxy) is 2. The maximum Gasteiger partial charge on any atom is 0.408 e. The highest BCUT2D eigenvalue weighted by Crippen LogP contribution is 2.26. The van der Waals surface area contributed by atoms with Crippen LogP contribution in [0.5, 0.6) is 0 Å². The Labute approximate surface area is 247 Å². The second-order valence-corrected chi connectivity index (χ2v) is 11.8. The summed E-state index contributed by atoms with van der Waals surface area (Å²) in [4.78, 5) is 51.5. The van der Waals surface area contributed by atoms with E-state index in [1.165, 1.54) is 14.0 Å². The summed E-state index contributed by atoms with van der Waals surface area (Å²) in [6.07, 6.45) is 1.32. The molecule has 3 N–H and O–H groups in total. The zero-order valence-electron chi connectivity index (χ0n) is 25.6. The smallest absolute Gasteiger partial charge is 0.408 e. The zero-order chi connectivity index (χ0) is 31.2. The molecule has 3 atom stereocenters. The highest BCUT2D eigenvalue weighted by atomic mass is 16.6. The molecule has 0 saturated heterocycles. The normalized spacial score (nSPS) is 13.6. The van der Waals surface area contributed by atoms with Crippen LogP contribution in [0.15, 0.2) is 54.7 Å².